The lowest BCUT2D eigenvalue weighted by Crippen LogP contribution is -2.61. The SMILES string of the molecule is CCN1CCC2(C1)CN(C(=O)C1CC(F)C1)C2.O=C(O)C(F)(F)F. The first-order valence-electron chi connectivity index (χ1n) is 8.01. The summed E-state index contributed by atoms with van der Waals surface area (Å²) >= 11 is 0. The van der Waals surface area contributed by atoms with Gasteiger partial charge in [0.15, 0.2) is 0 Å². The quantitative estimate of drug-likeness (QED) is 0.770. The monoisotopic (exact) mass is 354 g/mol. The Balaban J connectivity index is 0.000000256. The van der Waals surface area contributed by atoms with Gasteiger partial charge in [-0.15, -0.1) is 0 Å². The highest BCUT2D eigenvalue weighted by Crippen LogP contribution is 2.42. The average molecular weight is 354 g/mol. The van der Waals surface area contributed by atoms with Crippen molar-refractivity contribution in [1.82, 2.24) is 9.80 Å². The van der Waals surface area contributed by atoms with Gasteiger partial charge in [0, 0.05) is 31.0 Å². The van der Waals surface area contributed by atoms with E-state index in [2.05, 4.69) is 11.8 Å². The van der Waals surface area contributed by atoms with Crippen LogP contribution in [0.2, 0.25) is 0 Å². The predicted molar refractivity (Wildman–Crippen MR) is 77.1 cm³/mol. The van der Waals surface area contributed by atoms with Crippen molar-refractivity contribution < 1.29 is 32.3 Å². The van der Waals surface area contributed by atoms with Gasteiger partial charge in [-0.1, -0.05) is 6.92 Å². The maximum atomic E-state index is 12.7. The molecule has 2 heterocycles. The molecule has 138 valence electrons. The fourth-order valence-corrected chi connectivity index (χ4v) is 3.48. The van der Waals surface area contributed by atoms with E-state index in [9.17, 15) is 22.4 Å². The smallest absolute Gasteiger partial charge is 0.475 e. The van der Waals surface area contributed by atoms with Crippen LogP contribution in [0, 0.1) is 11.3 Å². The Kier molecular flexibility index (Phi) is 5.41. The number of nitrogens with zero attached hydrogens (tertiary/aromatic N) is 2. The molecule has 3 aliphatic rings. The summed E-state index contributed by atoms with van der Waals surface area (Å²) in [5, 5.41) is 7.12. The molecule has 0 radical (unpaired) electrons. The van der Waals surface area contributed by atoms with Gasteiger partial charge >= 0.3 is 12.1 Å². The van der Waals surface area contributed by atoms with Crippen LogP contribution in [0.5, 0.6) is 0 Å². The molecule has 1 N–H and O–H groups in total. The Morgan fingerprint density at radius 2 is 1.75 bits per heavy atom. The van der Waals surface area contributed by atoms with Gasteiger partial charge in [-0.3, -0.25) is 4.79 Å². The van der Waals surface area contributed by atoms with Crippen LogP contribution in [-0.4, -0.2) is 71.9 Å². The number of hydrogen-bond donors (Lipinski definition) is 1. The zero-order valence-electron chi connectivity index (χ0n) is 13.5. The van der Waals surface area contributed by atoms with Crippen molar-refractivity contribution in [3.63, 3.8) is 0 Å². The third kappa shape index (κ3) is 4.17. The van der Waals surface area contributed by atoms with Crippen LogP contribution in [-0.2, 0) is 9.59 Å². The van der Waals surface area contributed by atoms with Crippen molar-refractivity contribution in [3.05, 3.63) is 0 Å². The van der Waals surface area contributed by atoms with Gasteiger partial charge in [-0.05, 0) is 32.4 Å². The lowest BCUT2D eigenvalue weighted by Gasteiger charge is -2.50. The van der Waals surface area contributed by atoms with E-state index >= 15 is 0 Å². The van der Waals surface area contributed by atoms with Crippen molar-refractivity contribution in [2.75, 3.05) is 32.7 Å². The van der Waals surface area contributed by atoms with E-state index in [1.807, 2.05) is 4.90 Å². The highest BCUT2D eigenvalue weighted by molar-refractivity contribution is 5.80. The van der Waals surface area contributed by atoms with Gasteiger partial charge in [0.05, 0.1) is 0 Å². The van der Waals surface area contributed by atoms with Crippen molar-refractivity contribution in [2.45, 2.75) is 38.5 Å². The zero-order valence-corrected chi connectivity index (χ0v) is 13.5. The molecule has 5 nitrogen and oxygen atoms in total. The first-order valence-corrected chi connectivity index (χ1v) is 8.01. The molecule has 9 heteroatoms. The summed E-state index contributed by atoms with van der Waals surface area (Å²) in [7, 11) is 0. The standard InChI is InChI=1S/C13H21FN2O.C2HF3O2/c1-2-15-4-3-13(7-15)8-16(9-13)12(17)10-5-11(14)6-10;3-2(4,5)1(6)7/h10-11H,2-9H2,1H3;(H,6,7). The second-order valence-electron chi connectivity index (χ2n) is 6.88. The molecular weight excluding hydrogens is 332 g/mol. The number of rotatable bonds is 2. The summed E-state index contributed by atoms with van der Waals surface area (Å²) in [5.74, 6) is -2.56. The number of carbonyl (C=O) groups excluding carboxylic acids is 1. The molecule has 3 fully saturated rings. The number of aliphatic carboxylic acids is 1. The van der Waals surface area contributed by atoms with Gasteiger partial charge < -0.3 is 14.9 Å². The highest BCUT2D eigenvalue weighted by atomic mass is 19.4. The van der Waals surface area contributed by atoms with Crippen molar-refractivity contribution in [3.8, 4) is 0 Å². The first kappa shape index (κ1) is 19.0. The fourth-order valence-electron chi connectivity index (χ4n) is 3.48. The molecule has 2 aliphatic heterocycles. The molecule has 24 heavy (non-hydrogen) atoms. The minimum absolute atomic E-state index is 0.00830. The minimum atomic E-state index is -5.08. The van der Waals surface area contributed by atoms with Gasteiger partial charge in [0.2, 0.25) is 5.91 Å². The minimum Gasteiger partial charge on any atom is -0.475 e. The van der Waals surface area contributed by atoms with E-state index < -0.39 is 18.3 Å². The van der Waals surface area contributed by atoms with E-state index in [0.717, 1.165) is 26.2 Å². The van der Waals surface area contributed by atoms with Crippen LogP contribution >= 0.6 is 0 Å². The predicted octanol–water partition coefficient (Wildman–Crippen LogP) is 1.92. The topological polar surface area (TPSA) is 60.9 Å². The number of alkyl halides is 4. The summed E-state index contributed by atoms with van der Waals surface area (Å²) in [6, 6.07) is 0. The highest BCUT2D eigenvalue weighted by Gasteiger charge is 2.51. The van der Waals surface area contributed by atoms with Crippen molar-refractivity contribution in [1.29, 1.82) is 0 Å². The zero-order chi connectivity index (χ0) is 18.1. The lowest BCUT2D eigenvalue weighted by molar-refractivity contribution is -0.192. The van der Waals surface area contributed by atoms with Crippen LogP contribution in [0.4, 0.5) is 17.6 Å². The molecule has 1 spiro atoms. The van der Waals surface area contributed by atoms with Crippen LogP contribution in [0.15, 0.2) is 0 Å². The molecule has 0 aromatic carbocycles. The maximum absolute atomic E-state index is 12.7. The number of carboxylic acid groups (broad SMARTS) is 1. The molecule has 0 aromatic rings. The average Bonchev–Trinajstić information content (AvgIpc) is 2.86. The summed E-state index contributed by atoms with van der Waals surface area (Å²) in [6.07, 6.45) is -3.66. The van der Waals surface area contributed by atoms with Crippen molar-refractivity contribution in [2.24, 2.45) is 11.3 Å². The molecule has 3 rings (SSSR count). The number of hydrogen-bond acceptors (Lipinski definition) is 3. The molecular formula is C15H22F4N2O3. The van der Waals surface area contributed by atoms with Gasteiger partial charge in [-0.25, -0.2) is 9.18 Å². The largest absolute Gasteiger partial charge is 0.490 e. The number of likely N-dealkylation sites (tertiary alicyclic amines) is 2. The third-order valence-corrected chi connectivity index (χ3v) is 5.00. The number of carbonyl (C=O) groups is 2. The lowest BCUT2D eigenvalue weighted by atomic mass is 9.76. The van der Waals surface area contributed by atoms with Gasteiger partial charge in [-0.2, -0.15) is 13.2 Å². The third-order valence-electron chi connectivity index (χ3n) is 5.00. The van der Waals surface area contributed by atoms with E-state index in [4.69, 9.17) is 9.90 Å². The van der Waals surface area contributed by atoms with E-state index in [1.54, 1.807) is 0 Å². The second-order valence-corrected chi connectivity index (χ2v) is 6.88. The molecule has 1 saturated carbocycles. The van der Waals surface area contributed by atoms with Crippen LogP contribution in [0.25, 0.3) is 0 Å². The summed E-state index contributed by atoms with van der Waals surface area (Å²) < 4.78 is 44.5. The van der Waals surface area contributed by atoms with Crippen LogP contribution in [0.3, 0.4) is 0 Å². The molecule has 0 atom stereocenters. The Bertz CT molecular complexity index is 486. The Labute approximate surface area is 137 Å². The Morgan fingerprint density at radius 3 is 2.12 bits per heavy atom. The summed E-state index contributed by atoms with van der Waals surface area (Å²) in [4.78, 5) is 25.3. The number of carboxylic acids is 1. The Morgan fingerprint density at radius 1 is 1.21 bits per heavy atom. The molecule has 0 unspecified atom stereocenters. The fraction of sp³-hybridized carbons (Fsp3) is 0.867. The van der Waals surface area contributed by atoms with Crippen molar-refractivity contribution >= 4 is 11.9 Å². The van der Waals surface area contributed by atoms with E-state index in [1.165, 1.54) is 13.0 Å². The molecule has 0 bridgehead atoms. The molecule has 1 amide bonds. The number of amides is 1. The van der Waals surface area contributed by atoms with Gasteiger partial charge in [0.1, 0.15) is 6.17 Å². The molecule has 2 saturated heterocycles. The van der Waals surface area contributed by atoms with Crippen LogP contribution in [0.1, 0.15) is 26.2 Å². The number of halogens is 4. The maximum Gasteiger partial charge on any atom is 0.490 e. The molecule has 1 aliphatic carbocycles. The Hall–Kier alpha value is -1.38. The van der Waals surface area contributed by atoms with Crippen LogP contribution < -0.4 is 0 Å². The second kappa shape index (κ2) is 6.85. The normalized spacial score (nSPS) is 28.6. The van der Waals surface area contributed by atoms with Gasteiger partial charge in [0.25, 0.3) is 0 Å². The summed E-state index contributed by atoms with van der Waals surface area (Å²) in [5.41, 5.74) is 0.379. The van der Waals surface area contributed by atoms with E-state index in [0.29, 0.717) is 18.3 Å². The first-order chi connectivity index (χ1) is 11.1. The molecule has 0 aromatic heterocycles. The van der Waals surface area contributed by atoms with E-state index in [-0.39, 0.29) is 11.8 Å². The summed E-state index contributed by atoms with van der Waals surface area (Å²) in [6.45, 7) is 7.45.